The number of benzene rings is 1. The molecule has 0 radical (unpaired) electrons. The van der Waals surface area contributed by atoms with Gasteiger partial charge in [-0.15, -0.1) is 0 Å². The molecule has 0 unspecified atom stereocenters. The van der Waals surface area contributed by atoms with Crippen LogP contribution in [0, 0.1) is 13.8 Å². The molecule has 3 nitrogen and oxygen atoms in total. The minimum absolute atomic E-state index is 0.290. The van der Waals surface area contributed by atoms with Crippen LogP contribution in [0.5, 0.6) is 0 Å². The van der Waals surface area contributed by atoms with E-state index in [1.165, 1.54) is 11.1 Å². The molecule has 0 bridgehead atoms. The maximum absolute atomic E-state index is 8.72. The molecule has 1 heterocycles. The SMILES string of the molecule is Cc1cc2nc(CCCCCO)[nH]c2cc1C. The first-order valence-corrected chi connectivity index (χ1v) is 6.27. The highest BCUT2D eigenvalue weighted by Crippen LogP contribution is 2.18. The lowest BCUT2D eigenvalue weighted by Crippen LogP contribution is -1.89. The predicted molar refractivity (Wildman–Crippen MR) is 70.2 cm³/mol. The largest absolute Gasteiger partial charge is 0.396 e. The number of aliphatic hydroxyl groups excluding tert-OH is 1. The van der Waals surface area contributed by atoms with Crippen LogP contribution in [0.4, 0.5) is 0 Å². The third-order valence-electron chi connectivity index (χ3n) is 3.22. The highest BCUT2D eigenvalue weighted by molar-refractivity contribution is 5.77. The van der Waals surface area contributed by atoms with Gasteiger partial charge in [-0.25, -0.2) is 4.98 Å². The van der Waals surface area contributed by atoms with Gasteiger partial charge in [0.1, 0.15) is 5.82 Å². The van der Waals surface area contributed by atoms with E-state index >= 15 is 0 Å². The predicted octanol–water partition coefficient (Wildman–Crippen LogP) is 2.88. The minimum Gasteiger partial charge on any atom is -0.396 e. The molecule has 0 atom stereocenters. The van der Waals surface area contributed by atoms with Gasteiger partial charge >= 0.3 is 0 Å². The van der Waals surface area contributed by atoms with Crippen molar-refractivity contribution in [1.29, 1.82) is 0 Å². The Morgan fingerprint density at radius 1 is 1.12 bits per heavy atom. The first-order chi connectivity index (χ1) is 8.20. The average molecular weight is 232 g/mol. The van der Waals surface area contributed by atoms with Crippen LogP contribution < -0.4 is 0 Å². The molecule has 92 valence electrons. The summed E-state index contributed by atoms with van der Waals surface area (Å²) < 4.78 is 0. The Hall–Kier alpha value is -1.35. The van der Waals surface area contributed by atoms with Gasteiger partial charge in [0, 0.05) is 13.0 Å². The van der Waals surface area contributed by atoms with Crippen molar-refractivity contribution >= 4 is 11.0 Å². The molecule has 2 rings (SSSR count). The Bertz CT molecular complexity index is 463. The number of aryl methyl sites for hydroxylation is 3. The minimum atomic E-state index is 0.290. The van der Waals surface area contributed by atoms with E-state index in [1.54, 1.807) is 0 Å². The normalized spacial score (nSPS) is 11.2. The fourth-order valence-electron chi connectivity index (χ4n) is 2.02. The zero-order valence-electron chi connectivity index (χ0n) is 10.6. The van der Waals surface area contributed by atoms with Crippen LogP contribution in [0.25, 0.3) is 11.0 Å². The molecule has 0 spiro atoms. The third-order valence-corrected chi connectivity index (χ3v) is 3.22. The maximum atomic E-state index is 8.72. The van der Waals surface area contributed by atoms with E-state index in [1.807, 2.05) is 0 Å². The number of nitrogens with zero attached hydrogens (tertiary/aromatic N) is 1. The molecule has 3 heteroatoms. The second-order valence-corrected chi connectivity index (χ2v) is 4.67. The van der Waals surface area contributed by atoms with Gasteiger partial charge in [-0.3, -0.25) is 0 Å². The van der Waals surface area contributed by atoms with Gasteiger partial charge in [0.2, 0.25) is 0 Å². The lowest BCUT2D eigenvalue weighted by Gasteiger charge is -1.97. The van der Waals surface area contributed by atoms with Gasteiger partial charge in [0.15, 0.2) is 0 Å². The molecule has 0 aliphatic heterocycles. The summed E-state index contributed by atoms with van der Waals surface area (Å²) in [5, 5.41) is 8.72. The van der Waals surface area contributed by atoms with Crippen molar-refractivity contribution in [1.82, 2.24) is 9.97 Å². The van der Waals surface area contributed by atoms with Crippen LogP contribution in [0.2, 0.25) is 0 Å². The number of aromatic nitrogens is 2. The molecule has 1 aromatic carbocycles. The van der Waals surface area contributed by atoms with Gasteiger partial charge in [-0.2, -0.15) is 0 Å². The van der Waals surface area contributed by atoms with Crippen molar-refractivity contribution in [3.8, 4) is 0 Å². The number of nitrogens with one attached hydrogen (secondary N) is 1. The second-order valence-electron chi connectivity index (χ2n) is 4.67. The van der Waals surface area contributed by atoms with Crippen molar-refractivity contribution in [2.24, 2.45) is 0 Å². The molecule has 0 aliphatic rings. The van der Waals surface area contributed by atoms with Crippen LogP contribution in [-0.4, -0.2) is 21.7 Å². The topological polar surface area (TPSA) is 48.9 Å². The van der Waals surface area contributed by atoms with E-state index in [-0.39, 0.29) is 0 Å². The van der Waals surface area contributed by atoms with Gasteiger partial charge in [-0.05, 0) is 49.9 Å². The number of aromatic amines is 1. The van der Waals surface area contributed by atoms with Crippen molar-refractivity contribution < 1.29 is 5.11 Å². The smallest absolute Gasteiger partial charge is 0.107 e. The third kappa shape index (κ3) is 2.86. The van der Waals surface area contributed by atoms with Crippen LogP contribution in [0.3, 0.4) is 0 Å². The van der Waals surface area contributed by atoms with E-state index < -0.39 is 0 Å². The number of unbranched alkanes of at least 4 members (excludes halogenated alkanes) is 2. The molecule has 0 aliphatic carbocycles. The van der Waals surface area contributed by atoms with E-state index in [2.05, 4.69) is 35.9 Å². The van der Waals surface area contributed by atoms with Gasteiger partial charge in [0.05, 0.1) is 11.0 Å². The lowest BCUT2D eigenvalue weighted by atomic mass is 10.1. The summed E-state index contributed by atoms with van der Waals surface area (Å²) in [7, 11) is 0. The molecule has 0 saturated carbocycles. The summed E-state index contributed by atoms with van der Waals surface area (Å²) in [6.45, 7) is 4.53. The van der Waals surface area contributed by atoms with E-state index in [0.717, 1.165) is 42.5 Å². The number of hydrogen-bond donors (Lipinski definition) is 2. The summed E-state index contributed by atoms with van der Waals surface area (Å²) in [6, 6.07) is 4.30. The molecule has 0 saturated heterocycles. The lowest BCUT2D eigenvalue weighted by molar-refractivity contribution is 0.283. The van der Waals surface area contributed by atoms with E-state index in [9.17, 15) is 0 Å². The number of rotatable bonds is 5. The first-order valence-electron chi connectivity index (χ1n) is 6.27. The monoisotopic (exact) mass is 232 g/mol. The Morgan fingerprint density at radius 3 is 2.65 bits per heavy atom. The molecular weight excluding hydrogens is 212 g/mol. The van der Waals surface area contributed by atoms with Crippen LogP contribution >= 0.6 is 0 Å². The second kappa shape index (κ2) is 5.32. The van der Waals surface area contributed by atoms with Crippen LogP contribution in [0.1, 0.15) is 36.2 Å². The Morgan fingerprint density at radius 2 is 1.88 bits per heavy atom. The van der Waals surface area contributed by atoms with Crippen molar-refractivity contribution in [2.45, 2.75) is 39.5 Å². The van der Waals surface area contributed by atoms with Gasteiger partial charge < -0.3 is 10.1 Å². The Kier molecular flexibility index (Phi) is 3.79. The number of aliphatic hydroxyl groups is 1. The Balaban J connectivity index is 2.09. The number of imidazole rings is 1. The molecule has 17 heavy (non-hydrogen) atoms. The summed E-state index contributed by atoms with van der Waals surface area (Å²) >= 11 is 0. The van der Waals surface area contributed by atoms with E-state index in [0.29, 0.717) is 6.61 Å². The quantitative estimate of drug-likeness (QED) is 0.779. The summed E-state index contributed by atoms with van der Waals surface area (Å²) in [5.41, 5.74) is 4.78. The van der Waals surface area contributed by atoms with Crippen LogP contribution in [0.15, 0.2) is 12.1 Å². The summed E-state index contributed by atoms with van der Waals surface area (Å²) in [4.78, 5) is 7.96. The number of hydrogen-bond acceptors (Lipinski definition) is 2. The molecule has 2 aromatic rings. The fraction of sp³-hybridized carbons (Fsp3) is 0.500. The average Bonchev–Trinajstić information content (AvgIpc) is 2.67. The molecule has 0 fully saturated rings. The van der Waals surface area contributed by atoms with E-state index in [4.69, 9.17) is 5.11 Å². The molecule has 0 amide bonds. The summed E-state index contributed by atoms with van der Waals surface area (Å²) in [5.74, 6) is 1.06. The zero-order valence-corrected chi connectivity index (χ0v) is 10.6. The fourth-order valence-corrected chi connectivity index (χ4v) is 2.02. The number of fused-ring (bicyclic) bond motifs is 1. The first kappa shape index (κ1) is 12.1. The molecular formula is C14H20N2O. The highest BCUT2D eigenvalue weighted by Gasteiger charge is 2.04. The van der Waals surface area contributed by atoms with Crippen molar-refractivity contribution in [2.75, 3.05) is 6.61 Å². The zero-order chi connectivity index (χ0) is 12.3. The standard InChI is InChI=1S/C14H20N2O/c1-10-8-12-13(9-11(10)2)16-14(15-12)6-4-3-5-7-17/h8-9,17H,3-7H2,1-2H3,(H,15,16). The Labute approximate surface area is 102 Å². The van der Waals surface area contributed by atoms with Gasteiger partial charge in [0.25, 0.3) is 0 Å². The molecule has 1 aromatic heterocycles. The highest BCUT2D eigenvalue weighted by atomic mass is 16.2. The summed E-state index contributed by atoms with van der Waals surface area (Å²) in [6.07, 6.45) is 4.00. The van der Waals surface area contributed by atoms with Crippen molar-refractivity contribution in [3.05, 3.63) is 29.1 Å². The van der Waals surface area contributed by atoms with Crippen molar-refractivity contribution in [3.63, 3.8) is 0 Å². The van der Waals surface area contributed by atoms with Gasteiger partial charge in [-0.1, -0.05) is 6.42 Å². The maximum Gasteiger partial charge on any atom is 0.107 e. The van der Waals surface area contributed by atoms with Crippen LogP contribution in [-0.2, 0) is 6.42 Å². The molecule has 2 N–H and O–H groups in total. The number of H-pyrrole nitrogens is 1.